The highest BCUT2D eigenvalue weighted by atomic mass is 19.1. The lowest BCUT2D eigenvalue weighted by Crippen LogP contribution is -2.44. The summed E-state index contributed by atoms with van der Waals surface area (Å²) in [6.07, 6.45) is 0.765. The van der Waals surface area contributed by atoms with Gasteiger partial charge in [0.15, 0.2) is 0 Å². The van der Waals surface area contributed by atoms with Crippen LogP contribution in [0.4, 0.5) is 9.18 Å². The Hall–Kier alpha value is -2.11. The number of hydrogen-bond donors (Lipinski definition) is 2. The van der Waals surface area contributed by atoms with Crippen LogP contribution in [0.2, 0.25) is 0 Å². The third kappa shape index (κ3) is 4.19. The molecule has 0 saturated carbocycles. The first-order chi connectivity index (χ1) is 10.5. The van der Waals surface area contributed by atoms with Gasteiger partial charge in [-0.2, -0.15) is 0 Å². The fraction of sp³-hybridized carbons (Fsp3) is 0.500. The van der Waals surface area contributed by atoms with Gasteiger partial charge in [0.2, 0.25) is 5.91 Å². The van der Waals surface area contributed by atoms with Gasteiger partial charge in [-0.3, -0.25) is 4.79 Å². The number of hydrogen-bond acceptors (Lipinski definition) is 2. The molecular weight excluding hydrogens is 285 g/mol. The van der Waals surface area contributed by atoms with Crippen LogP contribution < -0.4 is 10.6 Å². The summed E-state index contributed by atoms with van der Waals surface area (Å²) in [6, 6.07) is 6.16. The Morgan fingerprint density at radius 2 is 2.14 bits per heavy atom. The zero-order valence-corrected chi connectivity index (χ0v) is 12.9. The Kier molecular flexibility index (Phi) is 5.35. The van der Waals surface area contributed by atoms with Crippen molar-refractivity contribution in [2.75, 3.05) is 13.1 Å². The van der Waals surface area contributed by atoms with Gasteiger partial charge in [-0.25, -0.2) is 9.18 Å². The number of carbonyl (C=O) groups excluding carboxylic acids is 2. The maximum absolute atomic E-state index is 13.4. The predicted molar refractivity (Wildman–Crippen MR) is 81.9 cm³/mol. The first kappa shape index (κ1) is 16.3. The molecule has 1 unspecified atom stereocenters. The van der Waals surface area contributed by atoms with Crippen molar-refractivity contribution in [3.63, 3.8) is 0 Å². The van der Waals surface area contributed by atoms with E-state index in [-0.39, 0.29) is 29.8 Å². The van der Waals surface area contributed by atoms with Crippen molar-refractivity contribution < 1.29 is 14.0 Å². The molecule has 6 heteroatoms. The van der Waals surface area contributed by atoms with E-state index in [1.54, 1.807) is 23.1 Å². The average molecular weight is 307 g/mol. The lowest BCUT2D eigenvalue weighted by Gasteiger charge is -2.21. The third-order valence-corrected chi connectivity index (χ3v) is 3.75. The van der Waals surface area contributed by atoms with Crippen molar-refractivity contribution in [2.45, 2.75) is 38.8 Å². The summed E-state index contributed by atoms with van der Waals surface area (Å²) < 4.78 is 13.4. The van der Waals surface area contributed by atoms with Gasteiger partial charge in [0.25, 0.3) is 0 Å². The largest absolute Gasteiger partial charge is 0.338 e. The van der Waals surface area contributed by atoms with E-state index in [0.29, 0.717) is 31.5 Å². The lowest BCUT2D eigenvalue weighted by molar-refractivity contribution is -0.129. The van der Waals surface area contributed by atoms with Crippen molar-refractivity contribution in [1.82, 2.24) is 15.5 Å². The zero-order valence-electron chi connectivity index (χ0n) is 12.9. The molecule has 0 spiro atoms. The van der Waals surface area contributed by atoms with Gasteiger partial charge in [0.1, 0.15) is 5.82 Å². The molecule has 0 bridgehead atoms. The number of benzene rings is 1. The second-order valence-electron chi connectivity index (χ2n) is 5.78. The van der Waals surface area contributed by atoms with Gasteiger partial charge >= 0.3 is 6.03 Å². The van der Waals surface area contributed by atoms with Crippen molar-refractivity contribution >= 4 is 11.9 Å². The summed E-state index contributed by atoms with van der Waals surface area (Å²) in [4.78, 5) is 25.3. The monoisotopic (exact) mass is 307 g/mol. The average Bonchev–Trinajstić information content (AvgIpc) is 2.82. The lowest BCUT2D eigenvalue weighted by atomic mass is 10.1. The second kappa shape index (κ2) is 7.24. The summed E-state index contributed by atoms with van der Waals surface area (Å²) in [5.74, 6) is -0.203. The van der Waals surface area contributed by atoms with Gasteiger partial charge in [0, 0.05) is 25.6 Å². The van der Waals surface area contributed by atoms with Crippen LogP contribution in [0.1, 0.15) is 25.8 Å². The van der Waals surface area contributed by atoms with E-state index in [0.717, 1.165) is 0 Å². The number of nitrogens with zero attached hydrogens (tertiary/aromatic N) is 1. The van der Waals surface area contributed by atoms with Gasteiger partial charge < -0.3 is 15.5 Å². The van der Waals surface area contributed by atoms with E-state index < -0.39 is 0 Å². The zero-order chi connectivity index (χ0) is 16.1. The molecule has 1 fully saturated rings. The first-order valence-corrected chi connectivity index (χ1v) is 7.54. The van der Waals surface area contributed by atoms with Crippen LogP contribution in [0.15, 0.2) is 24.3 Å². The number of amides is 3. The fourth-order valence-corrected chi connectivity index (χ4v) is 2.58. The molecule has 1 aliphatic rings. The van der Waals surface area contributed by atoms with Crippen molar-refractivity contribution in [3.8, 4) is 0 Å². The molecule has 3 amide bonds. The normalized spacial score (nSPS) is 17.9. The van der Waals surface area contributed by atoms with Crippen molar-refractivity contribution in [3.05, 3.63) is 35.6 Å². The number of rotatable bonds is 5. The van der Waals surface area contributed by atoms with Crippen LogP contribution in [-0.2, 0) is 11.2 Å². The smallest absolute Gasteiger partial charge is 0.315 e. The Balaban J connectivity index is 1.73. The van der Waals surface area contributed by atoms with E-state index in [1.807, 2.05) is 13.8 Å². The minimum Gasteiger partial charge on any atom is -0.338 e. The van der Waals surface area contributed by atoms with Crippen molar-refractivity contribution in [1.29, 1.82) is 0 Å². The van der Waals surface area contributed by atoms with Crippen molar-refractivity contribution in [2.24, 2.45) is 0 Å². The highest BCUT2D eigenvalue weighted by Gasteiger charge is 2.31. The van der Waals surface area contributed by atoms with Crippen LogP contribution in [0, 0.1) is 5.82 Å². The van der Waals surface area contributed by atoms with Crippen LogP contribution in [0.3, 0.4) is 0 Å². The van der Waals surface area contributed by atoms with E-state index in [4.69, 9.17) is 0 Å². The van der Waals surface area contributed by atoms with Gasteiger partial charge in [-0.15, -0.1) is 0 Å². The predicted octanol–water partition coefficient (Wildman–Crippen LogP) is 1.68. The maximum Gasteiger partial charge on any atom is 0.315 e. The van der Waals surface area contributed by atoms with Crippen LogP contribution >= 0.6 is 0 Å². The highest BCUT2D eigenvalue weighted by Crippen LogP contribution is 2.14. The molecule has 5 nitrogen and oxygen atoms in total. The molecular formula is C16H22FN3O2. The number of nitrogens with one attached hydrogen (secondary N) is 2. The van der Waals surface area contributed by atoms with Crippen LogP contribution in [0.5, 0.6) is 0 Å². The molecule has 120 valence electrons. The SMILES string of the molecule is CC(C)N1CC(NC(=O)NCCc2ccccc2F)CC1=O. The van der Waals surface area contributed by atoms with E-state index >= 15 is 0 Å². The number of carbonyl (C=O) groups is 2. The Bertz CT molecular complexity index is 548. The van der Waals surface area contributed by atoms with Gasteiger partial charge in [-0.05, 0) is 31.9 Å². The quantitative estimate of drug-likeness (QED) is 0.869. The summed E-state index contributed by atoms with van der Waals surface area (Å²) in [6.45, 7) is 4.79. The van der Waals surface area contributed by atoms with Gasteiger partial charge in [0.05, 0.1) is 6.04 Å². The number of halogens is 1. The van der Waals surface area contributed by atoms with Crippen LogP contribution in [-0.4, -0.2) is 42.0 Å². The topological polar surface area (TPSA) is 61.4 Å². The maximum atomic E-state index is 13.4. The Morgan fingerprint density at radius 1 is 1.41 bits per heavy atom. The minimum absolute atomic E-state index is 0.0617. The molecule has 0 aliphatic carbocycles. The molecule has 1 aromatic rings. The first-order valence-electron chi connectivity index (χ1n) is 7.54. The molecule has 1 aliphatic heterocycles. The van der Waals surface area contributed by atoms with Gasteiger partial charge in [-0.1, -0.05) is 18.2 Å². The number of likely N-dealkylation sites (tertiary alicyclic amines) is 1. The molecule has 1 heterocycles. The summed E-state index contributed by atoms with van der Waals surface area (Å²) >= 11 is 0. The Labute approximate surface area is 129 Å². The second-order valence-corrected chi connectivity index (χ2v) is 5.78. The number of urea groups is 1. The minimum atomic E-state index is -0.320. The standard InChI is InChI=1S/C16H22FN3O2/c1-11(2)20-10-13(9-15(20)21)19-16(22)18-8-7-12-5-3-4-6-14(12)17/h3-6,11,13H,7-10H2,1-2H3,(H2,18,19,22). The summed E-state index contributed by atoms with van der Waals surface area (Å²) in [5.41, 5.74) is 0.574. The van der Waals surface area contributed by atoms with E-state index in [9.17, 15) is 14.0 Å². The molecule has 2 rings (SSSR count). The Morgan fingerprint density at radius 3 is 2.77 bits per heavy atom. The molecule has 1 aromatic carbocycles. The third-order valence-electron chi connectivity index (χ3n) is 3.75. The molecule has 0 radical (unpaired) electrons. The fourth-order valence-electron chi connectivity index (χ4n) is 2.58. The van der Waals surface area contributed by atoms with E-state index in [2.05, 4.69) is 10.6 Å². The molecule has 2 N–H and O–H groups in total. The molecule has 1 saturated heterocycles. The molecule has 0 aromatic heterocycles. The summed E-state index contributed by atoms with van der Waals surface area (Å²) in [5, 5.41) is 5.49. The molecule has 1 atom stereocenters. The highest BCUT2D eigenvalue weighted by molar-refractivity contribution is 5.81. The summed E-state index contributed by atoms with van der Waals surface area (Å²) in [7, 11) is 0. The molecule has 22 heavy (non-hydrogen) atoms. The van der Waals surface area contributed by atoms with Crippen LogP contribution in [0.25, 0.3) is 0 Å². The van der Waals surface area contributed by atoms with E-state index in [1.165, 1.54) is 6.07 Å².